The lowest BCUT2D eigenvalue weighted by molar-refractivity contribution is 1.25. The zero-order valence-corrected chi connectivity index (χ0v) is 9.17. The third-order valence-corrected chi connectivity index (χ3v) is 2.78. The lowest BCUT2D eigenvalue weighted by Gasteiger charge is -1.95. The Balaban J connectivity index is 2.52. The summed E-state index contributed by atoms with van der Waals surface area (Å²) in [4.78, 5) is 3.38. The molecule has 1 aromatic heterocycles. The Hall–Kier alpha value is -1.54. The number of nitrogens with one attached hydrogen (secondary N) is 1. The third-order valence-electron chi connectivity index (χ3n) is 2.78. The fraction of sp³-hybridized carbons (Fsp3) is 0.231. The summed E-state index contributed by atoms with van der Waals surface area (Å²) >= 11 is 0. The summed E-state index contributed by atoms with van der Waals surface area (Å²) < 4.78 is 0. The Kier molecular flexibility index (Phi) is 2.60. The van der Waals surface area contributed by atoms with Crippen molar-refractivity contribution < 1.29 is 0 Å². The maximum absolute atomic E-state index is 5.42. The number of aryl methyl sites for hydroxylation is 2. The van der Waals surface area contributed by atoms with Gasteiger partial charge < -0.3 is 10.7 Å². The normalized spacial score (nSPS) is 11.7. The van der Waals surface area contributed by atoms with Gasteiger partial charge in [-0.15, -0.1) is 0 Å². The number of aromatic nitrogens is 1. The molecule has 1 aromatic carbocycles. The van der Waals surface area contributed by atoms with Crippen molar-refractivity contribution in [1.29, 1.82) is 0 Å². The van der Waals surface area contributed by atoms with E-state index in [-0.39, 0.29) is 0 Å². The van der Waals surface area contributed by atoms with Crippen molar-refractivity contribution in [1.82, 2.24) is 4.98 Å². The highest BCUT2D eigenvalue weighted by Gasteiger charge is 2.03. The molecule has 2 aromatic rings. The standard InChI is InChI=1S/C13H16N2/c1-9-10(2)15-13-8-11(4-3-7-14)5-6-12(9)13/h3-6,8,15H,7,14H2,1-2H3/b4-3+. The van der Waals surface area contributed by atoms with Crippen LogP contribution in [0.1, 0.15) is 16.8 Å². The quantitative estimate of drug-likeness (QED) is 0.769. The lowest BCUT2D eigenvalue weighted by Crippen LogP contribution is -1.91. The summed E-state index contributed by atoms with van der Waals surface area (Å²) in [5.74, 6) is 0. The summed E-state index contributed by atoms with van der Waals surface area (Å²) in [7, 11) is 0. The van der Waals surface area contributed by atoms with Crippen molar-refractivity contribution in [2.24, 2.45) is 5.73 Å². The Morgan fingerprint density at radius 3 is 2.87 bits per heavy atom. The van der Waals surface area contributed by atoms with Gasteiger partial charge in [0.15, 0.2) is 0 Å². The van der Waals surface area contributed by atoms with Crippen LogP contribution >= 0.6 is 0 Å². The van der Waals surface area contributed by atoms with Crippen LogP contribution < -0.4 is 5.73 Å². The SMILES string of the molecule is Cc1[nH]c2cc(/C=C/CN)ccc2c1C. The van der Waals surface area contributed by atoms with Crippen LogP contribution in [0, 0.1) is 13.8 Å². The zero-order chi connectivity index (χ0) is 10.8. The van der Waals surface area contributed by atoms with Gasteiger partial charge in [-0.25, -0.2) is 0 Å². The molecule has 78 valence electrons. The van der Waals surface area contributed by atoms with E-state index in [1.54, 1.807) is 0 Å². The van der Waals surface area contributed by atoms with Crippen molar-refractivity contribution in [2.45, 2.75) is 13.8 Å². The van der Waals surface area contributed by atoms with Gasteiger partial charge in [0.25, 0.3) is 0 Å². The molecule has 0 bridgehead atoms. The number of fused-ring (bicyclic) bond motifs is 1. The van der Waals surface area contributed by atoms with Gasteiger partial charge >= 0.3 is 0 Å². The Labute approximate surface area is 89.8 Å². The smallest absolute Gasteiger partial charge is 0.0464 e. The molecule has 0 unspecified atom stereocenters. The topological polar surface area (TPSA) is 41.8 Å². The van der Waals surface area contributed by atoms with Gasteiger partial charge in [0.1, 0.15) is 0 Å². The molecule has 3 N–H and O–H groups in total. The number of nitrogens with two attached hydrogens (primary N) is 1. The molecule has 0 radical (unpaired) electrons. The maximum Gasteiger partial charge on any atom is 0.0464 e. The Bertz CT molecular complexity index is 506. The van der Waals surface area contributed by atoms with E-state index in [4.69, 9.17) is 5.73 Å². The van der Waals surface area contributed by atoms with Crippen molar-refractivity contribution in [3.63, 3.8) is 0 Å². The third kappa shape index (κ3) is 1.81. The average Bonchev–Trinajstić information content (AvgIpc) is 2.52. The van der Waals surface area contributed by atoms with E-state index in [0.29, 0.717) is 6.54 Å². The van der Waals surface area contributed by atoms with E-state index >= 15 is 0 Å². The summed E-state index contributed by atoms with van der Waals surface area (Å²) in [6.45, 7) is 4.83. The van der Waals surface area contributed by atoms with Crippen LogP contribution in [0.15, 0.2) is 24.3 Å². The molecule has 2 rings (SSSR count). The number of benzene rings is 1. The first-order valence-electron chi connectivity index (χ1n) is 5.18. The van der Waals surface area contributed by atoms with E-state index < -0.39 is 0 Å². The molecule has 0 fully saturated rings. The van der Waals surface area contributed by atoms with E-state index in [2.05, 4.69) is 37.0 Å². The molecule has 0 aliphatic rings. The van der Waals surface area contributed by atoms with Crippen LogP contribution in [-0.4, -0.2) is 11.5 Å². The molecule has 15 heavy (non-hydrogen) atoms. The molecule has 0 amide bonds. The highest BCUT2D eigenvalue weighted by atomic mass is 14.7. The van der Waals surface area contributed by atoms with Gasteiger partial charge in [0.05, 0.1) is 0 Å². The van der Waals surface area contributed by atoms with Crippen LogP contribution in [0.4, 0.5) is 0 Å². The fourth-order valence-electron chi connectivity index (χ4n) is 1.80. The first-order valence-corrected chi connectivity index (χ1v) is 5.18. The monoisotopic (exact) mass is 200 g/mol. The van der Waals surface area contributed by atoms with Crippen molar-refractivity contribution in [2.75, 3.05) is 6.54 Å². The minimum absolute atomic E-state index is 0.584. The summed E-state index contributed by atoms with van der Waals surface area (Å²) in [5, 5.41) is 1.30. The molecule has 0 saturated heterocycles. The van der Waals surface area contributed by atoms with Crippen LogP contribution in [-0.2, 0) is 0 Å². The summed E-state index contributed by atoms with van der Waals surface area (Å²) in [6.07, 6.45) is 4.01. The van der Waals surface area contributed by atoms with Gasteiger partial charge in [-0.05, 0) is 31.0 Å². The van der Waals surface area contributed by atoms with Crippen molar-refractivity contribution >= 4 is 17.0 Å². The second kappa shape index (κ2) is 3.91. The molecular formula is C13H16N2. The first kappa shape index (κ1) is 9.99. The van der Waals surface area contributed by atoms with Gasteiger partial charge in [0.2, 0.25) is 0 Å². The van der Waals surface area contributed by atoms with Crippen molar-refractivity contribution in [3.8, 4) is 0 Å². The Morgan fingerprint density at radius 2 is 2.13 bits per heavy atom. The van der Waals surface area contributed by atoms with Crippen LogP contribution in [0.2, 0.25) is 0 Å². The molecule has 0 spiro atoms. The molecule has 0 atom stereocenters. The summed E-state index contributed by atoms with van der Waals surface area (Å²) in [6, 6.07) is 6.43. The van der Waals surface area contributed by atoms with Gasteiger partial charge in [-0.2, -0.15) is 0 Å². The highest BCUT2D eigenvalue weighted by Crippen LogP contribution is 2.22. The molecule has 1 heterocycles. The minimum atomic E-state index is 0.584. The number of hydrogen-bond donors (Lipinski definition) is 2. The largest absolute Gasteiger partial charge is 0.358 e. The molecule has 0 saturated carbocycles. The average molecular weight is 200 g/mol. The maximum atomic E-state index is 5.42. The zero-order valence-electron chi connectivity index (χ0n) is 9.17. The molecule has 0 aliphatic heterocycles. The molecule has 2 nitrogen and oxygen atoms in total. The van der Waals surface area contributed by atoms with E-state index in [1.807, 2.05) is 12.2 Å². The summed E-state index contributed by atoms with van der Waals surface area (Å²) in [5.41, 5.74) is 10.4. The van der Waals surface area contributed by atoms with Gasteiger partial charge in [-0.1, -0.05) is 24.3 Å². The highest BCUT2D eigenvalue weighted by molar-refractivity contribution is 5.86. The molecule has 2 heteroatoms. The Morgan fingerprint density at radius 1 is 1.33 bits per heavy atom. The lowest BCUT2D eigenvalue weighted by atomic mass is 10.1. The number of H-pyrrole nitrogens is 1. The van der Waals surface area contributed by atoms with Gasteiger partial charge in [0, 0.05) is 23.1 Å². The fourth-order valence-corrected chi connectivity index (χ4v) is 1.80. The number of aromatic amines is 1. The second-order valence-electron chi connectivity index (χ2n) is 3.82. The predicted octanol–water partition coefficient (Wildman–Crippen LogP) is 2.76. The van der Waals surface area contributed by atoms with Crippen molar-refractivity contribution in [3.05, 3.63) is 41.1 Å². The van der Waals surface area contributed by atoms with E-state index in [1.165, 1.54) is 27.7 Å². The second-order valence-corrected chi connectivity index (χ2v) is 3.82. The van der Waals surface area contributed by atoms with Crippen LogP contribution in [0.5, 0.6) is 0 Å². The van der Waals surface area contributed by atoms with E-state index in [9.17, 15) is 0 Å². The molecular weight excluding hydrogens is 184 g/mol. The number of rotatable bonds is 2. The first-order chi connectivity index (χ1) is 7.22. The van der Waals surface area contributed by atoms with Crippen LogP contribution in [0.25, 0.3) is 17.0 Å². The van der Waals surface area contributed by atoms with Gasteiger partial charge in [-0.3, -0.25) is 0 Å². The van der Waals surface area contributed by atoms with Crippen LogP contribution in [0.3, 0.4) is 0 Å². The van der Waals surface area contributed by atoms with E-state index in [0.717, 1.165) is 0 Å². The predicted molar refractivity (Wildman–Crippen MR) is 65.9 cm³/mol. The minimum Gasteiger partial charge on any atom is -0.358 e. The number of hydrogen-bond acceptors (Lipinski definition) is 1. The molecule has 0 aliphatic carbocycles.